The van der Waals surface area contributed by atoms with Gasteiger partial charge >= 0.3 is 0 Å². The lowest BCUT2D eigenvalue weighted by Crippen LogP contribution is -2.41. The van der Waals surface area contributed by atoms with Gasteiger partial charge in [0, 0.05) is 0 Å². The molecule has 28 heavy (non-hydrogen) atoms. The predicted octanol–water partition coefficient (Wildman–Crippen LogP) is 8.64. The van der Waals surface area contributed by atoms with Gasteiger partial charge in [-0.2, -0.15) is 0 Å². The summed E-state index contributed by atoms with van der Waals surface area (Å²) in [5.41, 5.74) is 0. The van der Waals surface area contributed by atoms with Gasteiger partial charge in [-0.1, -0.05) is 111 Å². The van der Waals surface area contributed by atoms with E-state index >= 15 is 0 Å². The van der Waals surface area contributed by atoms with Crippen molar-refractivity contribution in [1.29, 1.82) is 0 Å². The first-order valence-electron chi connectivity index (χ1n) is 12.8. The van der Waals surface area contributed by atoms with Crippen LogP contribution in [0.2, 0.25) is 0 Å². The average Bonchev–Trinajstić information content (AvgIpc) is 3.18. The molecule has 0 radical (unpaired) electrons. The molecule has 0 amide bonds. The lowest BCUT2D eigenvalue weighted by atomic mass is 9.93. The highest BCUT2D eigenvalue weighted by Crippen LogP contribution is 2.27. The van der Waals surface area contributed by atoms with Crippen LogP contribution in [0.5, 0.6) is 0 Å². The number of unbranched alkanes of at least 4 members (excludes halogenated alkanes) is 11. The van der Waals surface area contributed by atoms with Crippen LogP contribution in [0.15, 0.2) is 12.4 Å². The fourth-order valence-corrected chi connectivity index (χ4v) is 4.56. The van der Waals surface area contributed by atoms with E-state index in [0.717, 1.165) is 5.92 Å². The average molecular weight is 392 g/mol. The van der Waals surface area contributed by atoms with Crippen molar-refractivity contribution in [3.8, 4) is 0 Å². The Balaban J connectivity index is 2.49. The summed E-state index contributed by atoms with van der Waals surface area (Å²) in [5, 5.41) is 0. The van der Waals surface area contributed by atoms with Gasteiger partial charge in [0.2, 0.25) is 0 Å². The molecule has 1 N–H and O–H groups in total. The zero-order valence-corrected chi connectivity index (χ0v) is 19.8. The van der Waals surface area contributed by atoms with E-state index in [1.54, 1.807) is 0 Å². The fraction of sp³-hybridized carbons (Fsp3) is 0.885. The number of H-pyrrole nitrogens is 1. The molecule has 0 aliphatic carbocycles. The Morgan fingerprint density at radius 2 is 1.18 bits per heavy atom. The van der Waals surface area contributed by atoms with Gasteiger partial charge < -0.3 is 0 Å². The van der Waals surface area contributed by atoms with E-state index in [0.29, 0.717) is 6.04 Å². The van der Waals surface area contributed by atoms with Gasteiger partial charge in [-0.05, 0) is 26.2 Å². The summed E-state index contributed by atoms with van der Waals surface area (Å²) in [6.45, 7) is 9.29. The van der Waals surface area contributed by atoms with E-state index in [1.165, 1.54) is 115 Å². The number of rotatable bonds is 19. The zero-order chi connectivity index (χ0) is 20.5. The summed E-state index contributed by atoms with van der Waals surface area (Å²) in [7, 11) is 0. The van der Waals surface area contributed by atoms with Gasteiger partial charge in [0.15, 0.2) is 0 Å². The van der Waals surface area contributed by atoms with Gasteiger partial charge in [0.25, 0.3) is 5.82 Å². The third-order valence-corrected chi connectivity index (χ3v) is 6.37. The Labute approximate surface area is 176 Å². The van der Waals surface area contributed by atoms with Gasteiger partial charge in [-0.3, -0.25) is 0 Å². The second-order valence-electron chi connectivity index (χ2n) is 9.05. The van der Waals surface area contributed by atoms with Crippen molar-refractivity contribution < 1.29 is 4.57 Å². The van der Waals surface area contributed by atoms with E-state index < -0.39 is 0 Å². The second-order valence-corrected chi connectivity index (χ2v) is 9.05. The fourth-order valence-electron chi connectivity index (χ4n) is 4.56. The van der Waals surface area contributed by atoms with Crippen molar-refractivity contribution in [2.24, 2.45) is 0 Å². The third kappa shape index (κ3) is 10.7. The van der Waals surface area contributed by atoms with Gasteiger partial charge in [0.1, 0.15) is 12.4 Å². The summed E-state index contributed by atoms with van der Waals surface area (Å²) in [5.74, 6) is 2.22. The van der Waals surface area contributed by atoms with Crippen LogP contribution in [-0.4, -0.2) is 4.98 Å². The molecule has 0 saturated carbocycles. The van der Waals surface area contributed by atoms with Gasteiger partial charge in [-0.15, -0.1) is 0 Å². The number of hydrogen-bond acceptors (Lipinski definition) is 0. The second kappa shape index (κ2) is 17.1. The Bertz CT molecular complexity index is 451. The quantitative estimate of drug-likeness (QED) is 0.180. The van der Waals surface area contributed by atoms with Crippen LogP contribution in [0, 0.1) is 0 Å². The zero-order valence-electron chi connectivity index (χ0n) is 19.8. The molecule has 0 aliphatic heterocycles. The molecule has 1 aromatic heterocycles. The molecule has 2 nitrogen and oxygen atoms in total. The molecule has 1 heterocycles. The van der Waals surface area contributed by atoms with Gasteiger partial charge in [-0.25, -0.2) is 9.55 Å². The Morgan fingerprint density at radius 1 is 0.679 bits per heavy atom. The highest BCUT2D eigenvalue weighted by molar-refractivity contribution is 4.90. The third-order valence-electron chi connectivity index (χ3n) is 6.37. The first-order valence-corrected chi connectivity index (χ1v) is 12.8. The Morgan fingerprint density at radius 3 is 1.68 bits per heavy atom. The SMILES string of the molecule is CCCCCCCCCCC(CCCCCCC)c1[nH]cc[n+]1C(C)CCC. The maximum absolute atomic E-state index is 3.64. The number of aromatic amines is 1. The molecule has 0 fully saturated rings. The maximum atomic E-state index is 3.64. The molecule has 0 saturated heterocycles. The molecule has 164 valence electrons. The molecule has 0 aromatic carbocycles. The van der Waals surface area contributed by atoms with E-state index in [1.807, 2.05) is 0 Å². The molecule has 0 spiro atoms. The summed E-state index contributed by atoms with van der Waals surface area (Å²) in [6.07, 6.45) is 28.0. The van der Waals surface area contributed by atoms with Gasteiger partial charge in [0.05, 0.1) is 12.0 Å². The molecule has 2 heteroatoms. The van der Waals surface area contributed by atoms with Crippen LogP contribution in [-0.2, 0) is 0 Å². The summed E-state index contributed by atoms with van der Waals surface area (Å²) < 4.78 is 2.55. The van der Waals surface area contributed by atoms with Crippen LogP contribution < -0.4 is 4.57 Å². The Hall–Kier alpha value is -0.790. The lowest BCUT2D eigenvalue weighted by molar-refractivity contribution is -0.727. The van der Waals surface area contributed by atoms with Crippen molar-refractivity contribution >= 4 is 0 Å². The smallest absolute Gasteiger partial charge is 0.247 e. The molecular formula is C26H51N2+. The highest BCUT2D eigenvalue weighted by atomic mass is 15.1. The molecular weight excluding hydrogens is 340 g/mol. The minimum absolute atomic E-state index is 0.618. The molecule has 1 aromatic rings. The van der Waals surface area contributed by atoms with Crippen LogP contribution in [0.25, 0.3) is 0 Å². The molecule has 0 aliphatic rings. The number of imidazole rings is 1. The topological polar surface area (TPSA) is 19.7 Å². The van der Waals surface area contributed by atoms with Crippen molar-refractivity contribution in [3.05, 3.63) is 18.2 Å². The largest absolute Gasteiger partial charge is 0.257 e. The molecule has 0 bridgehead atoms. The van der Waals surface area contributed by atoms with E-state index in [-0.39, 0.29) is 0 Å². The summed E-state index contributed by atoms with van der Waals surface area (Å²) in [6, 6.07) is 0.618. The predicted molar refractivity (Wildman–Crippen MR) is 124 cm³/mol. The van der Waals surface area contributed by atoms with Crippen molar-refractivity contribution in [3.63, 3.8) is 0 Å². The first-order chi connectivity index (χ1) is 13.7. The van der Waals surface area contributed by atoms with E-state index in [4.69, 9.17) is 0 Å². The lowest BCUT2D eigenvalue weighted by Gasteiger charge is -2.17. The van der Waals surface area contributed by atoms with Crippen molar-refractivity contribution in [1.82, 2.24) is 4.98 Å². The first kappa shape index (κ1) is 25.2. The van der Waals surface area contributed by atoms with Crippen LogP contribution in [0.3, 0.4) is 0 Å². The minimum Gasteiger partial charge on any atom is -0.247 e. The Kier molecular flexibility index (Phi) is 15.4. The number of aromatic nitrogens is 2. The molecule has 2 unspecified atom stereocenters. The van der Waals surface area contributed by atoms with Crippen LogP contribution >= 0.6 is 0 Å². The standard InChI is InChI=1S/C26H50N2/c1-5-8-10-12-13-14-16-18-21-25(20-17-15-11-9-6-2)26-27-22-23-28(26)24(4)19-7-3/h22-25H,5-21H2,1-4H3/p+1. The van der Waals surface area contributed by atoms with E-state index in [9.17, 15) is 0 Å². The minimum atomic E-state index is 0.618. The number of nitrogens with zero attached hydrogens (tertiary/aromatic N) is 1. The van der Waals surface area contributed by atoms with Crippen LogP contribution in [0.1, 0.15) is 155 Å². The monoisotopic (exact) mass is 391 g/mol. The summed E-state index contributed by atoms with van der Waals surface area (Å²) in [4.78, 5) is 3.64. The van der Waals surface area contributed by atoms with Crippen molar-refractivity contribution in [2.45, 2.75) is 149 Å². The molecule has 1 rings (SSSR count). The number of nitrogens with one attached hydrogen (secondary N) is 1. The highest BCUT2D eigenvalue weighted by Gasteiger charge is 2.25. The molecule has 2 atom stereocenters. The maximum Gasteiger partial charge on any atom is 0.257 e. The van der Waals surface area contributed by atoms with E-state index in [2.05, 4.69) is 49.6 Å². The normalized spacial score (nSPS) is 13.7. The van der Waals surface area contributed by atoms with Crippen LogP contribution in [0.4, 0.5) is 0 Å². The summed E-state index contributed by atoms with van der Waals surface area (Å²) >= 11 is 0. The van der Waals surface area contributed by atoms with Crippen molar-refractivity contribution in [2.75, 3.05) is 0 Å². The number of hydrogen-bond donors (Lipinski definition) is 1.